The van der Waals surface area contributed by atoms with Crippen LogP contribution < -0.4 is 20.7 Å². The second-order valence-electron chi connectivity index (χ2n) is 19.5. The molecule has 0 bridgehead atoms. The van der Waals surface area contributed by atoms with E-state index in [1.54, 1.807) is 32.6 Å². The van der Waals surface area contributed by atoms with E-state index >= 15 is 0 Å². The lowest BCUT2D eigenvalue weighted by Crippen LogP contribution is -2.61. The number of rotatable bonds is 12. The SMILES string of the molecule is C=C[C@@H]1C[C@]1(NC(=O)[C@@H]1C[C@@]2(CN1C(=O)[C@@H](NC(=O)[C@@H](NC(=O)OC(C)(C)C)C1(C)CCCCC1)C(=C)C)C(C)(C)C21CCC1)C(=O)NS(=O)(=O)N1CCCC1. The molecular formula is C41H64N6O8S. The molecule has 6 aliphatic rings. The van der Waals surface area contributed by atoms with Gasteiger partial charge in [-0.2, -0.15) is 12.7 Å². The highest BCUT2D eigenvalue weighted by Crippen LogP contribution is 2.88. The first-order valence-corrected chi connectivity index (χ1v) is 22.0. The lowest BCUT2D eigenvalue weighted by molar-refractivity contribution is -0.142. The summed E-state index contributed by atoms with van der Waals surface area (Å²) in [6, 6.07) is -3.22. The summed E-state index contributed by atoms with van der Waals surface area (Å²) in [5.41, 5.74) is -3.16. The Kier molecular flexibility index (Phi) is 10.9. The average Bonchev–Trinajstić information content (AvgIpc) is 3.54. The molecule has 5 amide bonds. The third-order valence-electron chi connectivity index (χ3n) is 14.7. The Morgan fingerprint density at radius 2 is 1.50 bits per heavy atom. The Bertz CT molecular complexity index is 1770. The number of carbonyl (C=O) groups excluding carboxylic acids is 5. The van der Waals surface area contributed by atoms with E-state index in [0.29, 0.717) is 50.8 Å². The Morgan fingerprint density at radius 1 is 0.875 bits per heavy atom. The van der Waals surface area contributed by atoms with Crippen molar-refractivity contribution >= 4 is 39.9 Å². The van der Waals surface area contributed by atoms with Gasteiger partial charge in [0.15, 0.2) is 0 Å². The van der Waals surface area contributed by atoms with Crippen LogP contribution in [-0.2, 0) is 34.1 Å². The molecule has 4 N–H and O–H groups in total. The average molecular weight is 801 g/mol. The minimum Gasteiger partial charge on any atom is -0.444 e. The molecule has 6 fully saturated rings. The van der Waals surface area contributed by atoms with Crippen LogP contribution in [0.3, 0.4) is 0 Å². The van der Waals surface area contributed by atoms with Crippen molar-refractivity contribution < 1.29 is 37.1 Å². The highest BCUT2D eigenvalue weighted by molar-refractivity contribution is 7.87. The molecule has 4 saturated carbocycles. The maximum Gasteiger partial charge on any atom is 0.408 e. The van der Waals surface area contributed by atoms with Gasteiger partial charge in [0, 0.05) is 31.0 Å². The number of hydrogen-bond donors (Lipinski definition) is 4. The summed E-state index contributed by atoms with van der Waals surface area (Å²) >= 11 is 0. The molecule has 2 aliphatic heterocycles. The van der Waals surface area contributed by atoms with E-state index in [-0.39, 0.29) is 29.2 Å². The predicted octanol–water partition coefficient (Wildman–Crippen LogP) is 4.23. The van der Waals surface area contributed by atoms with Gasteiger partial charge in [-0.3, -0.25) is 19.2 Å². The van der Waals surface area contributed by atoms with Gasteiger partial charge in [-0.25, -0.2) is 9.52 Å². The van der Waals surface area contributed by atoms with E-state index in [4.69, 9.17) is 4.74 Å². The van der Waals surface area contributed by atoms with Crippen molar-refractivity contribution in [3.63, 3.8) is 0 Å². The van der Waals surface area contributed by atoms with Crippen LogP contribution in [0.2, 0.25) is 0 Å². The molecule has 15 heteroatoms. The second-order valence-corrected chi connectivity index (χ2v) is 21.1. The largest absolute Gasteiger partial charge is 0.444 e. The number of likely N-dealkylation sites (tertiary alicyclic amines) is 1. The minimum absolute atomic E-state index is 0.0460. The highest BCUT2D eigenvalue weighted by atomic mass is 32.2. The summed E-state index contributed by atoms with van der Waals surface area (Å²) < 4.78 is 35.2. The lowest BCUT2D eigenvalue weighted by atomic mass is 9.70. The van der Waals surface area contributed by atoms with Crippen LogP contribution in [-0.4, -0.2) is 96.2 Å². The van der Waals surface area contributed by atoms with Crippen molar-refractivity contribution in [1.82, 2.24) is 29.9 Å². The molecule has 2 saturated heterocycles. The topological polar surface area (TPSA) is 183 Å². The van der Waals surface area contributed by atoms with Gasteiger partial charge in [0.25, 0.3) is 5.91 Å². The Hall–Kier alpha value is -3.46. The first-order chi connectivity index (χ1) is 26.0. The predicted molar refractivity (Wildman–Crippen MR) is 211 cm³/mol. The molecule has 0 radical (unpaired) electrons. The van der Waals surface area contributed by atoms with Crippen molar-refractivity contribution in [3.8, 4) is 0 Å². The number of carbonyl (C=O) groups is 5. The van der Waals surface area contributed by atoms with Gasteiger partial charge in [-0.1, -0.05) is 59.1 Å². The van der Waals surface area contributed by atoms with E-state index in [0.717, 1.165) is 38.5 Å². The van der Waals surface area contributed by atoms with Crippen LogP contribution in [0.4, 0.5) is 4.79 Å². The van der Waals surface area contributed by atoms with Crippen LogP contribution in [0.5, 0.6) is 0 Å². The molecular weight excluding hydrogens is 737 g/mol. The maximum atomic E-state index is 14.9. The van der Waals surface area contributed by atoms with Crippen molar-refractivity contribution in [3.05, 3.63) is 24.8 Å². The molecule has 0 aromatic carbocycles. The third-order valence-corrected chi connectivity index (χ3v) is 16.2. The van der Waals surface area contributed by atoms with E-state index in [2.05, 4.69) is 47.7 Å². The minimum atomic E-state index is -4.12. The van der Waals surface area contributed by atoms with Crippen molar-refractivity contribution in [2.24, 2.45) is 27.6 Å². The quantitative estimate of drug-likeness (QED) is 0.212. The molecule has 312 valence electrons. The molecule has 6 rings (SSSR count). The Balaban J connectivity index is 1.27. The zero-order valence-corrected chi connectivity index (χ0v) is 35.3. The van der Waals surface area contributed by atoms with E-state index in [9.17, 15) is 32.4 Å². The molecule has 4 aliphatic carbocycles. The van der Waals surface area contributed by atoms with Gasteiger partial charge < -0.3 is 25.6 Å². The Morgan fingerprint density at radius 3 is 2.00 bits per heavy atom. The normalized spacial score (nSPS) is 31.0. The van der Waals surface area contributed by atoms with Crippen LogP contribution in [0.1, 0.15) is 126 Å². The summed E-state index contributed by atoms with van der Waals surface area (Å²) in [5.74, 6) is -2.94. The molecule has 0 unspecified atom stereocenters. The fourth-order valence-corrected chi connectivity index (χ4v) is 12.3. The van der Waals surface area contributed by atoms with Crippen molar-refractivity contribution in [2.75, 3.05) is 19.6 Å². The number of nitrogens with one attached hydrogen (secondary N) is 4. The molecule has 2 spiro atoms. The van der Waals surface area contributed by atoms with Crippen molar-refractivity contribution in [2.45, 2.75) is 155 Å². The van der Waals surface area contributed by atoms with Gasteiger partial charge in [-0.15, -0.1) is 6.58 Å². The highest BCUT2D eigenvalue weighted by Gasteiger charge is 2.85. The summed E-state index contributed by atoms with van der Waals surface area (Å²) in [6.45, 7) is 22.1. The molecule has 14 nitrogen and oxygen atoms in total. The fraction of sp³-hybridized carbons (Fsp3) is 0.780. The lowest BCUT2D eigenvalue weighted by Gasteiger charge is -2.41. The zero-order valence-electron chi connectivity index (χ0n) is 34.5. The van der Waals surface area contributed by atoms with Crippen LogP contribution in [0.15, 0.2) is 24.8 Å². The summed E-state index contributed by atoms with van der Waals surface area (Å²) in [5, 5.41) is 8.66. The number of amides is 5. The monoisotopic (exact) mass is 800 g/mol. The Labute approximate surface area is 332 Å². The number of ether oxygens (including phenoxy) is 1. The van der Waals surface area contributed by atoms with E-state index in [1.807, 2.05) is 6.92 Å². The third kappa shape index (κ3) is 7.06. The van der Waals surface area contributed by atoms with E-state index in [1.165, 1.54) is 10.4 Å². The first kappa shape index (κ1) is 42.2. The number of hydrogen-bond acceptors (Lipinski definition) is 8. The maximum absolute atomic E-state index is 14.9. The number of fused-ring (bicyclic) bond motifs is 1. The standard InChI is InChI=1S/C41H64N6O8S/c1-10-27-23-41(27,34(51)45-56(53,54)46-21-14-15-22-46)44-31(48)28-24-40(37(7,8)39(40)19-16-20-39)25-47(28)33(50)29(26(2)3)42-32(49)30(38(9)17-12-11-13-18-38)43-35(52)55-36(4,5)6/h10,27-30H,1-2,11-25H2,3-9H3,(H,42,49)(H,43,52)(H,44,48)(H,45,51)/t27-,28+,29+,30-,40-,41-/m1/s1. The zero-order chi connectivity index (χ0) is 41.3. The van der Waals surface area contributed by atoms with Gasteiger partial charge in [0.1, 0.15) is 29.3 Å². The summed E-state index contributed by atoms with van der Waals surface area (Å²) in [4.78, 5) is 72.3. The molecule has 2 heterocycles. The van der Waals surface area contributed by atoms with Crippen molar-refractivity contribution in [1.29, 1.82) is 0 Å². The van der Waals surface area contributed by atoms with E-state index < -0.39 is 80.5 Å². The molecule has 6 atom stereocenters. The summed E-state index contributed by atoms with van der Waals surface area (Å²) in [6.07, 6.45) is 9.93. The summed E-state index contributed by atoms with van der Waals surface area (Å²) in [7, 11) is -4.12. The van der Waals surface area contributed by atoms with Gasteiger partial charge in [0.05, 0.1) is 0 Å². The van der Waals surface area contributed by atoms with Gasteiger partial charge >= 0.3 is 16.3 Å². The molecule has 56 heavy (non-hydrogen) atoms. The fourth-order valence-electron chi connectivity index (χ4n) is 11.0. The van der Waals surface area contributed by atoms with Crippen LogP contribution in [0.25, 0.3) is 0 Å². The smallest absolute Gasteiger partial charge is 0.408 e. The van der Waals surface area contributed by atoms with Gasteiger partial charge in [-0.05, 0) is 101 Å². The van der Waals surface area contributed by atoms with Crippen LogP contribution in [0, 0.1) is 27.6 Å². The molecule has 0 aromatic rings. The second kappa shape index (κ2) is 14.4. The van der Waals surface area contributed by atoms with Crippen LogP contribution >= 0.6 is 0 Å². The molecule has 0 aromatic heterocycles. The number of nitrogens with zero attached hydrogens (tertiary/aromatic N) is 2. The first-order valence-electron chi connectivity index (χ1n) is 20.5. The van der Waals surface area contributed by atoms with Gasteiger partial charge in [0.2, 0.25) is 17.7 Å². The number of alkyl carbamates (subject to hydrolysis) is 1.